The molecule has 1 aliphatic rings. The molecule has 2 heterocycles. The van der Waals surface area contributed by atoms with E-state index < -0.39 is 11.4 Å². The first-order valence-electron chi connectivity index (χ1n) is 8.17. The molecule has 1 aromatic carbocycles. The van der Waals surface area contributed by atoms with Crippen molar-refractivity contribution in [3.8, 4) is 0 Å². The van der Waals surface area contributed by atoms with E-state index in [4.69, 9.17) is 0 Å². The molecule has 5 heteroatoms. The van der Waals surface area contributed by atoms with Crippen LogP contribution in [-0.2, 0) is 4.79 Å². The number of anilines is 1. The average Bonchev–Trinajstić information content (AvgIpc) is 2.63. The maximum absolute atomic E-state index is 12.0. The zero-order valence-electron chi connectivity index (χ0n) is 13.5. The van der Waals surface area contributed by atoms with Crippen molar-refractivity contribution in [2.24, 2.45) is 5.41 Å². The Kier molecular flexibility index (Phi) is 4.89. The number of carboxylic acid groups (broad SMARTS) is 1. The van der Waals surface area contributed by atoms with Crippen LogP contribution in [0.4, 0.5) is 5.95 Å². The highest BCUT2D eigenvalue weighted by Crippen LogP contribution is 2.35. The Morgan fingerprint density at radius 3 is 2.67 bits per heavy atom. The number of aliphatic carboxylic acids is 1. The standard InChI is InChI=1S/C19H21N3O2/c23-17(24)19(10-4-9-16-7-2-1-3-8-16)11-5-14-22(15-19)18-20-12-6-13-21-18/h1-4,6-9,12-13H,5,10-11,14-15H2,(H,23,24). The van der Waals surface area contributed by atoms with E-state index in [2.05, 4.69) is 9.97 Å². The van der Waals surface area contributed by atoms with Crippen LogP contribution in [0.3, 0.4) is 0 Å². The molecule has 5 nitrogen and oxygen atoms in total. The third-order valence-electron chi connectivity index (χ3n) is 4.48. The van der Waals surface area contributed by atoms with Gasteiger partial charge in [0.2, 0.25) is 5.95 Å². The van der Waals surface area contributed by atoms with E-state index in [1.165, 1.54) is 0 Å². The molecular formula is C19H21N3O2. The van der Waals surface area contributed by atoms with Crippen LogP contribution in [0.1, 0.15) is 24.8 Å². The molecule has 1 aliphatic heterocycles. The molecule has 0 radical (unpaired) electrons. The summed E-state index contributed by atoms with van der Waals surface area (Å²) in [6.07, 6.45) is 9.33. The lowest BCUT2D eigenvalue weighted by atomic mass is 9.77. The summed E-state index contributed by atoms with van der Waals surface area (Å²) in [5.74, 6) is -0.143. The van der Waals surface area contributed by atoms with E-state index in [1.807, 2.05) is 47.4 Å². The van der Waals surface area contributed by atoms with Gasteiger partial charge < -0.3 is 10.0 Å². The van der Waals surface area contributed by atoms with Gasteiger partial charge in [-0.2, -0.15) is 0 Å². The highest BCUT2D eigenvalue weighted by Gasteiger charge is 2.42. The zero-order chi connectivity index (χ0) is 16.8. The highest BCUT2D eigenvalue weighted by atomic mass is 16.4. The number of hydrogen-bond donors (Lipinski definition) is 1. The van der Waals surface area contributed by atoms with E-state index in [-0.39, 0.29) is 0 Å². The fourth-order valence-electron chi connectivity index (χ4n) is 3.17. The van der Waals surface area contributed by atoms with Gasteiger partial charge >= 0.3 is 5.97 Å². The lowest BCUT2D eigenvalue weighted by Gasteiger charge is -2.39. The summed E-state index contributed by atoms with van der Waals surface area (Å²) in [5, 5.41) is 9.85. The van der Waals surface area contributed by atoms with Crippen molar-refractivity contribution in [2.75, 3.05) is 18.0 Å². The summed E-state index contributed by atoms with van der Waals surface area (Å²) in [5.41, 5.74) is 0.292. The quantitative estimate of drug-likeness (QED) is 0.915. The molecule has 0 aliphatic carbocycles. The second-order valence-electron chi connectivity index (χ2n) is 6.18. The topological polar surface area (TPSA) is 66.3 Å². The monoisotopic (exact) mass is 323 g/mol. The van der Waals surface area contributed by atoms with Gasteiger partial charge in [-0.05, 0) is 30.9 Å². The zero-order valence-corrected chi connectivity index (χ0v) is 13.5. The molecule has 1 N–H and O–H groups in total. The van der Waals surface area contributed by atoms with Gasteiger partial charge in [-0.3, -0.25) is 4.79 Å². The fraction of sp³-hybridized carbons (Fsp3) is 0.316. The van der Waals surface area contributed by atoms with Gasteiger partial charge in [-0.25, -0.2) is 9.97 Å². The molecule has 1 unspecified atom stereocenters. The van der Waals surface area contributed by atoms with Crippen molar-refractivity contribution < 1.29 is 9.90 Å². The normalized spacial score (nSPS) is 21.1. The van der Waals surface area contributed by atoms with Crippen molar-refractivity contribution >= 4 is 18.0 Å². The van der Waals surface area contributed by atoms with Gasteiger partial charge in [0, 0.05) is 25.5 Å². The summed E-state index contributed by atoms with van der Waals surface area (Å²) in [6.45, 7) is 1.23. The molecule has 1 aromatic heterocycles. The van der Waals surface area contributed by atoms with Gasteiger partial charge in [0.25, 0.3) is 0 Å². The minimum atomic E-state index is -0.789. The molecule has 0 spiro atoms. The third-order valence-corrected chi connectivity index (χ3v) is 4.48. The van der Waals surface area contributed by atoms with Gasteiger partial charge in [-0.15, -0.1) is 0 Å². The minimum absolute atomic E-state index is 0.436. The average molecular weight is 323 g/mol. The van der Waals surface area contributed by atoms with Crippen molar-refractivity contribution in [3.63, 3.8) is 0 Å². The molecule has 2 aromatic rings. The SMILES string of the molecule is O=C(O)C1(CC=Cc2ccccc2)CCCN(c2ncccn2)C1. The molecule has 1 atom stereocenters. The summed E-state index contributed by atoms with van der Waals surface area (Å²) >= 11 is 0. The molecule has 1 saturated heterocycles. The Morgan fingerprint density at radius 2 is 1.96 bits per heavy atom. The van der Waals surface area contributed by atoms with Gasteiger partial charge in [0.1, 0.15) is 0 Å². The maximum atomic E-state index is 12.0. The molecule has 0 bridgehead atoms. The van der Waals surface area contributed by atoms with Crippen molar-refractivity contribution in [2.45, 2.75) is 19.3 Å². The number of rotatable bonds is 5. The Morgan fingerprint density at radius 1 is 1.21 bits per heavy atom. The number of piperidine rings is 1. The fourth-order valence-corrected chi connectivity index (χ4v) is 3.17. The van der Waals surface area contributed by atoms with E-state index in [1.54, 1.807) is 18.5 Å². The maximum Gasteiger partial charge on any atom is 0.311 e. The molecule has 0 amide bonds. The van der Waals surface area contributed by atoms with Crippen LogP contribution in [0.15, 0.2) is 54.9 Å². The van der Waals surface area contributed by atoms with Crippen molar-refractivity contribution in [1.29, 1.82) is 0 Å². The largest absolute Gasteiger partial charge is 0.481 e. The van der Waals surface area contributed by atoms with Gasteiger partial charge in [-0.1, -0.05) is 42.5 Å². The second kappa shape index (κ2) is 7.25. The lowest BCUT2D eigenvalue weighted by molar-refractivity contribution is -0.149. The molecule has 124 valence electrons. The van der Waals surface area contributed by atoms with Crippen LogP contribution in [0, 0.1) is 5.41 Å². The molecule has 0 saturated carbocycles. The predicted octanol–water partition coefficient (Wildman–Crippen LogP) is 3.25. The van der Waals surface area contributed by atoms with Crippen LogP contribution in [0.25, 0.3) is 6.08 Å². The van der Waals surface area contributed by atoms with E-state index in [0.717, 1.165) is 18.5 Å². The number of carbonyl (C=O) groups is 1. The van der Waals surface area contributed by atoms with Crippen molar-refractivity contribution in [3.05, 3.63) is 60.4 Å². The molecule has 1 fully saturated rings. The first-order valence-corrected chi connectivity index (χ1v) is 8.17. The summed E-state index contributed by atoms with van der Waals surface area (Å²) in [6, 6.07) is 11.7. The first-order chi connectivity index (χ1) is 11.7. The molecule has 3 rings (SSSR count). The van der Waals surface area contributed by atoms with Crippen LogP contribution < -0.4 is 4.90 Å². The van der Waals surface area contributed by atoms with Crippen molar-refractivity contribution in [1.82, 2.24) is 9.97 Å². The van der Waals surface area contributed by atoms with Crippen LogP contribution >= 0.6 is 0 Å². The van der Waals surface area contributed by atoms with E-state index in [9.17, 15) is 9.90 Å². The predicted molar refractivity (Wildman–Crippen MR) is 93.6 cm³/mol. The van der Waals surface area contributed by atoms with Crippen LogP contribution in [0.2, 0.25) is 0 Å². The van der Waals surface area contributed by atoms with Crippen LogP contribution in [-0.4, -0.2) is 34.1 Å². The minimum Gasteiger partial charge on any atom is -0.481 e. The molecule has 24 heavy (non-hydrogen) atoms. The Labute approximate surface area is 141 Å². The number of allylic oxidation sites excluding steroid dienone is 1. The second-order valence-corrected chi connectivity index (χ2v) is 6.18. The Hall–Kier alpha value is -2.69. The number of benzene rings is 1. The van der Waals surface area contributed by atoms with Crippen LogP contribution in [0.5, 0.6) is 0 Å². The summed E-state index contributed by atoms with van der Waals surface area (Å²) < 4.78 is 0. The summed E-state index contributed by atoms with van der Waals surface area (Å²) in [4.78, 5) is 22.5. The Bertz CT molecular complexity index is 703. The lowest BCUT2D eigenvalue weighted by Crippen LogP contribution is -2.48. The first kappa shape index (κ1) is 16.2. The number of carboxylic acids is 1. The smallest absolute Gasteiger partial charge is 0.311 e. The highest BCUT2D eigenvalue weighted by molar-refractivity contribution is 5.76. The van der Waals surface area contributed by atoms with Gasteiger partial charge in [0.15, 0.2) is 0 Å². The van der Waals surface area contributed by atoms with Gasteiger partial charge in [0.05, 0.1) is 5.41 Å². The molecular weight excluding hydrogens is 302 g/mol. The number of hydrogen-bond acceptors (Lipinski definition) is 4. The third kappa shape index (κ3) is 3.62. The number of aromatic nitrogens is 2. The van der Waals surface area contributed by atoms with E-state index >= 15 is 0 Å². The summed E-state index contributed by atoms with van der Waals surface area (Å²) in [7, 11) is 0. The number of nitrogens with zero attached hydrogens (tertiary/aromatic N) is 3. The van der Waals surface area contributed by atoms with E-state index in [0.29, 0.717) is 25.3 Å². The Balaban J connectivity index is 1.75.